The SMILES string of the molecule is Clc1ccc2c(c1)OC1CCCCCCCCCCC1N2. The second-order valence-corrected chi connectivity index (χ2v) is 6.89. The van der Waals surface area contributed by atoms with Crippen LogP contribution in [0.15, 0.2) is 18.2 Å². The van der Waals surface area contributed by atoms with Crippen LogP contribution in [0, 0.1) is 0 Å². The molecule has 0 amide bonds. The van der Waals surface area contributed by atoms with Gasteiger partial charge in [-0.1, -0.05) is 56.5 Å². The summed E-state index contributed by atoms with van der Waals surface area (Å²) in [6, 6.07) is 6.38. The van der Waals surface area contributed by atoms with Crippen molar-refractivity contribution in [3.05, 3.63) is 23.2 Å². The lowest BCUT2D eigenvalue weighted by Gasteiger charge is -2.35. The molecule has 0 saturated heterocycles. The Morgan fingerprint density at radius 3 is 2.33 bits per heavy atom. The van der Waals surface area contributed by atoms with Gasteiger partial charge in [0.05, 0.1) is 11.7 Å². The number of hydrogen-bond donors (Lipinski definition) is 1. The molecule has 2 nitrogen and oxygen atoms in total. The first-order valence-electron chi connectivity index (χ1n) is 8.56. The van der Waals surface area contributed by atoms with Gasteiger partial charge < -0.3 is 10.1 Å². The fourth-order valence-electron chi connectivity index (χ4n) is 3.54. The van der Waals surface area contributed by atoms with Crippen LogP contribution in [-0.4, -0.2) is 12.1 Å². The van der Waals surface area contributed by atoms with Crippen LogP contribution in [0.25, 0.3) is 0 Å². The number of anilines is 1. The van der Waals surface area contributed by atoms with E-state index in [1.165, 1.54) is 57.8 Å². The number of benzene rings is 1. The molecule has 0 aromatic heterocycles. The average molecular weight is 308 g/mol. The highest BCUT2D eigenvalue weighted by Gasteiger charge is 2.28. The first kappa shape index (κ1) is 15.0. The lowest BCUT2D eigenvalue weighted by atomic mass is 9.94. The predicted octanol–water partition coefficient (Wildman–Crippen LogP) is 5.80. The summed E-state index contributed by atoms with van der Waals surface area (Å²) in [5, 5.41) is 4.45. The molecular formula is C18H26ClNO. The van der Waals surface area contributed by atoms with Crippen LogP contribution < -0.4 is 10.1 Å². The molecule has 1 saturated carbocycles. The van der Waals surface area contributed by atoms with Crippen molar-refractivity contribution in [3.8, 4) is 5.75 Å². The van der Waals surface area contributed by atoms with E-state index < -0.39 is 0 Å². The van der Waals surface area contributed by atoms with Crippen LogP contribution in [0.2, 0.25) is 5.02 Å². The van der Waals surface area contributed by atoms with Gasteiger partial charge in [-0.15, -0.1) is 0 Å². The number of rotatable bonds is 0. The van der Waals surface area contributed by atoms with Crippen LogP contribution >= 0.6 is 11.6 Å². The van der Waals surface area contributed by atoms with Gasteiger partial charge in [0.15, 0.2) is 0 Å². The molecule has 3 heteroatoms. The molecule has 2 atom stereocenters. The standard InChI is InChI=1S/C18H26ClNO/c19-14-11-12-16-18(13-14)21-17-10-8-6-4-2-1-3-5-7-9-15(17)20-16/h11-13,15,17,20H,1-10H2. The number of nitrogens with one attached hydrogen (secondary N) is 1. The van der Waals surface area contributed by atoms with Gasteiger partial charge in [-0.05, 0) is 31.4 Å². The van der Waals surface area contributed by atoms with Crippen molar-refractivity contribution >= 4 is 17.3 Å². The normalized spacial score (nSPS) is 27.1. The second kappa shape index (κ2) is 7.40. The van der Waals surface area contributed by atoms with Crippen molar-refractivity contribution in [2.75, 3.05) is 5.32 Å². The molecule has 1 heterocycles. The molecule has 1 N–H and O–H groups in total. The fraction of sp³-hybridized carbons (Fsp3) is 0.667. The molecule has 0 spiro atoms. The summed E-state index contributed by atoms with van der Waals surface area (Å²) in [7, 11) is 0. The molecule has 2 unspecified atom stereocenters. The Balaban J connectivity index is 1.70. The lowest BCUT2D eigenvalue weighted by Crippen LogP contribution is -2.41. The highest BCUT2D eigenvalue weighted by atomic mass is 35.5. The summed E-state index contributed by atoms with van der Waals surface area (Å²) in [4.78, 5) is 0. The lowest BCUT2D eigenvalue weighted by molar-refractivity contribution is 0.148. The summed E-state index contributed by atoms with van der Waals surface area (Å²) < 4.78 is 6.27. The van der Waals surface area contributed by atoms with Crippen molar-refractivity contribution in [2.24, 2.45) is 0 Å². The van der Waals surface area contributed by atoms with E-state index in [2.05, 4.69) is 5.32 Å². The highest BCUT2D eigenvalue weighted by molar-refractivity contribution is 6.30. The maximum atomic E-state index is 6.27. The third-order valence-corrected chi connectivity index (χ3v) is 5.00. The molecular weight excluding hydrogens is 282 g/mol. The van der Waals surface area contributed by atoms with Gasteiger partial charge in [-0.2, -0.15) is 0 Å². The molecule has 3 rings (SSSR count). The molecule has 0 radical (unpaired) electrons. The van der Waals surface area contributed by atoms with Gasteiger partial charge in [0.25, 0.3) is 0 Å². The van der Waals surface area contributed by atoms with Crippen molar-refractivity contribution in [3.63, 3.8) is 0 Å². The van der Waals surface area contributed by atoms with Gasteiger partial charge in [0.2, 0.25) is 0 Å². The fourth-order valence-corrected chi connectivity index (χ4v) is 3.70. The molecule has 1 aromatic carbocycles. The van der Waals surface area contributed by atoms with E-state index in [9.17, 15) is 0 Å². The van der Waals surface area contributed by atoms with Crippen molar-refractivity contribution in [1.29, 1.82) is 0 Å². The summed E-state index contributed by atoms with van der Waals surface area (Å²) in [6.07, 6.45) is 13.6. The van der Waals surface area contributed by atoms with E-state index in [1.54, 1.807) is 0 Å². The van der Waals surface area contributed by atoms with Crippen molar-refractivity contribution in [1.82, 2.24) is 0 Å². The third-order valence-electron chi connectivity index (χ3n) is 4.77. The van der Waals surface area contributed by atoms with E-state index in [0.29, 0.717) is 12.1 Å². The average Bonchev–Trinajstić information content (AvgIpc) is 2.47. The van der Waals surface area contributed by atoms with Gasteiger partial charge in [-0.25, -0.2) is 0 Å². The molecule has 1 fully saturated rings. The van der Waals surface area contributed by atoms with Crippen LogP contribution in [0.1, 0.15) is 64.2 Å². The maximum Gasteiger partial charge on any atom is 0.144 e. The molecule has 116 valence electrons. The Kier molecular flexibility index (Phi) is 5.29. The molecule has 0 bridgehead atoms. The second-order valence-electron chi connectivity index (χ2n) is 6.45. The third kappa shape index (κ3) is 4.06. The van der Waals surface area contributed by atoms with Crippen LogP contribution in [0.3, 0.4) is 0 Å². The maximum absolute atomic E-state index is 6.27. The summed E-state index contributed by atoms with van der Waals surface area (Å²) in [6.45, 7) is 0. The Morgan fingerprint density at radius 2 is 1.57 bits per heavy atom. The highest BCUT2D eigenvalue weighted by Crippen LogP contribution is 2.36. The summed E-state index contributed by atoms with van der Waals surface area (Å²) in [5.74, 6) is 0.927. The monoisotopic (exact) mass is 307 g/mol. The van der Waals surface area contributed by atoms with Crippen molar-refractivity contribution < 1.29 is 4.74 Å². The Labute approximate surface area is 133 Å². The van der Waals surface area contributed by atoms with E-state index in [0.717, 1.165) is 22.9 Å². The van der Waals surface area contributed by atoms with Crippen LogP contribution in [0.4, 0.5) is 5.69 Å². The Hall–Kier alpha value is -0.890. The molecule has 21 heavy (non-hydrogen) atoms. The zero-order chi connectivity index (χ0) is 14.5. The summed E-state index contributed by atoms with van der Waals surface area (Å²) in [5.41, 5.74) is 1.10. The first-order chi connectivity index (χ1) is 10.3. The number of fused-ring (bicyclic) bond motifs is 2. The van der Waals surface area contributed by atoms with Crippen LogP contribution in [-0.2, 0) is 0 Å². The molecule has 1 aromatic rings. The first-order valence-corrected chi connectivity index (χ1v) is 8.93. The van der Waals surface area contributed by atoms with Gasteiger partial charge >= 0.3 is 0 Å². The molecule has 1 aliphatic carbocycles. The van der Waals surface area contributed by atoms with E-state index >= 15 is 0 Å². The molecule has 2 aliphatic rings. The zero-order valence-electron chi connectivity index (χ0n) is 12.7. The number of ether oxygens (including phenoxy) is 1. The van der Waals surface area contributed by atoms with E-state index in [1.807, 2.05) is 18.2 Å². The number of halogens is 1. The van der Waals surface area contributed by atoms with Gasteiger partial charge in [0.1, 0.15) is 11.9 Å². The minimum atomic E-state index is 0.301. The largest absolute Gasteiger partial charge is 0.486 e. The minimum Gasteiger partial charge on any atom is -0.486 e. The van der Waals surface area contributed by atoms with Crippen LogP contribution in [0.5, 0.6) is 5.75 Å². The smallest absolute Gasteiger partial charge is 0.144 e. The zero-order valence-corrected chi connectivity index (χ0v) is 13.5. The molecule has 1 aliphatic heterocycles. The topological polar surface area (TPSA) is 21.3 Å². The van der Waals surface area contributed by atoms with Gasteiger partial charge in [0, 0.05) is 11.1 Å². The Bertz CT molecular complexity index is 463. The summed E-state index contributed by atoms with van der Waals surface area (Å²) >= 11 is 6.09. The minimum absolute atomic E-state index is 0.301. The van der Waals surface area contributed by atoms with Gasteiger partial charge in [-0.3, -0.25) is 0 Å². The quantitative estimate of drug-likeness (QED) is 0.654. The Morgan fingerprint density at radius 1 is 0.905 bits per heavy atom. The van der Waals surface area contributed by atoms with Crippen molar-refractivity contribution in [2.45, 2.75) is 76.4 Å². The number of hydrogen-bond acceptors (Lipinski definition) is 2. The van der Waals surface area contributed by atoms with E-state index in [4.69, 9.17) is 16.3 Å². The predicted molar refractivity (Wildman–Crippen MR) is 89.4 cm³/mol. The van der Waals surface area contributed by atoms with E-state index in [-0.39, 0.29) is 0 Å².